The molecule has 0 bridgehead atoms. The van der Waals surface area contributed by atoms with Gasteiger partial charge in [-0.15, -0.1) is 4.72 Å². The van der Waals surface area contributed by atoms with Crippen LogP contribution in [0.15, 0.2) is 51.2 Å². The number of hydrogen-bond acceptors (Lipinski definition) is 8. The van der Waals surface area contributed by atoms with Gasteiger partial charge in [0, 0.05) is 53.0 Å². The number of nitrogens with one attached hydrogen (secondary N) is 1. The molecule has 2 aromatic heterocycles. The summed E-state index contributed by atoms with van der Waals surface area (Å²) in [6.07, 6.45) is 5.77. The number of nitrogen functional groups attached to an aromatic ring is 1. The molecule has 0 amide bonds. The number of nitrogens with zero attached hydrogens (tertiary/aromatic N) is 4. The van der Waals surface area contributed by atoms with Gasteiger partial charge >= 0.3 is 0 Å². The van der Waals surface area contributed by atoms with Crippen molar-refractivity contribution >= 4 is 58.1 Å². The Bertz CT molecular complexity index is 1450. The minimum absolute atomic E-state index is 0.0680. The highest BCUT2D eigenvalue weighted by Crippen LogP contribution is 2.53. The van der Waals surface area contributed by atoms with E-state index in [9.17, 15) is 9.35 Å². The van der Waals surface area contributed by atoms with Crippen LogP contribution in [0.25, 0.3) is 0 Å². The first-order valence-electron chi connectivity index (χ1n) is 12.7. The van der Waals surface area contributed by atoms with Gasteiger partial charge in [0.15, 0.2) is 0 Å². The molecule has 0 radical (unpaired) electrons. The molecule has 3 N–H and O–H groups in total. The summed E-state index contributed by atoms with van der Waals surface area (Å²) in [5.74, 6) is 0.849. The quantitative estimate of drug-likeness (QED) is 0.383. The summed E-state index contributed by atoms with van der Waals surface area (Å²) in [5.41, 5.74) is 7.95. The number of benzene rings is 1. The molecule has 208 valence electrons. The minimum Gasteiger partial charge on any atom is -0.598 e. The fourth-order valence-corrected chi connectivity index (χ4v) is 7.66. The molecule has 5 rings (SSSR count). The lowest BCUT2D eigenvalue weighted by Crippen LogP contribution is -2.50. The molecule has 1 saturated heterocycles. The maximum absolute atomic E-state index is 13.3. The standard InChI is InChI=1S/C27H32Cl2N6O2S2/c1-26(2,3)39(37)33-22-18-13-17(28)6-5-16(18)14-27(22)8-11-35(12-9-27)25-32-15-20(24(36)34(25)4)38-19-7-10-31-23(30)21(19)29/h5-7,10,13,15,22,33H,8-9,11-12,14H2,1-4H3,(H2,30,31)/t22-,39-/m1/s1. The third-order valence-electron chi connectivity index (χ3n) is 7.61. The second-order valence-electron chi connectivity index (χ2n) is 11.2. The molecule has 12 heteroatoms. The van der Waals surface area contributed by atoms with Gasteiger partial charge < -0.3 is 15.2 Å². The largest absolute Gasteiger partial charge is 0.598 e. The molecule has 0 unspecified atom stereocenters. The Morgan fingerprint density at radius 1 is 1.18 bits per heavy atom. The first-order valence-corrected chi connectivity index (χ1v) is 15.5. The van der Waals surface area contributed by atoms with E-state index in [1.807, 2.05) is 32.9 Å². The van der Waals surface area contributed by atoms with E-state index in [2.05, 4.69) is 25.7 Å². The summed E-state index contributed by atoms with van der Waals surface area (Å²) in [6.45, 7) is 7.38. The van der Waals surface area contributed by atoms with Gasteiger partial charge in [-0.25, -0.2) is 9.97 Å². The van der Waals surface area contributed by atoms with E-state index in [0.717, 1.165) is 37.9 Å². The number of aromatic nitrogens is 3. The summed E-state index contributed by atoms with van der Waals surface area (Å²) in [5, 5.41) is 1.01. The zero-order valence-electron chi connectivity index (χ0n) is 22.3. The molecule has 39 heavy (non-hydrogen) atoms. The Kier molecular flexibility index (Phi) is 7.91. The summed E-state index contributed by atoms with van der Waals surface area (Å²) in [4.78, 5) is 25.2. The molecule has 1 aromatic carbocycles. The van der Waals surface area contributed by atoms with Crippen molar-refractivity contribution in [3.63, 3.8) is 0 Å². The molecular weight excluding hydrogens is 575 g/mol. The van der Waals surface area contributed by atoms with Crippen molar-refractivity contribution in [3.8, 4) is 0 Å². The number of nitrogens with two attached hydrogens (primary N) is 1. The van der Waals surface area contributed by atoms with E-state index in [1.54, 1.807) is 30.1 Å². The number of piperidine rings is 1. The van der Waals surface area contributed by atoms with Crippen LogP contribution in [0, 0.1) is 5.41 Å². The summed E-state index contributed by atoms with van der Waals surface area (Å²) in [6, 6.07) is 7.70. The lowest BCUT2D eigenvalue weighted by Gasteiger charge is -2.44. The van der Waals surface area contributed by atoms with Crippen molar-refractivity contribution < 1.29 is 4.55 Å². The van der Waals surface area contributed by atoms with Crippen LogP contribution >= 0.6 is 35.0 Å². The number of pyridine rings is 1. The van der Waals surface area contributed by atoms with Gasteiger partial charge in [0.05, 0.1) is 22.2 Å². The Labute approximate surface area is 246 Å². The van der Waals surface area contributed by atoms with Gasteiger partial charge in [-0.05, 0) is 69.4 Å². The molecular formula is C27H32Cl2N6O2S2. The van der Waals surface area contributed by atoms with Crippen LogP contribution in [0.5, 0.6) is 0 Å². The third kappa shape index (κ3) is 5.52. The summed E-state index contributed by atoms with van der Waals surface area (Å²) >= 11 is 12.7. The highest BCUT2D eigenvalue weighted by atomic mass is 35.5. The second-order valence-corrected chi connectivity index (χ2v) is 15.1. The average molecular weight is 608 g/mol. The van der Waals surface area contributed by atoms with Gasteiger partial charge in [-0.3, -0.25) is 9.36 Å². The second kappa shape index (κ2) is 10.8. The van der Waals surface area contributed by atoms with E-state index in [1.165, 1.54) is 17.3 Å². The number of halogens is 2. The molecule has 1 fully saturated rings. The predicted octanol–water partition coefficient (Wildman–Crippen LogP) is 5.15. The van der Waals surface area contributed by atoms with Crippen LogP contribution in [-0.4, -0.2) is 36.9 Å². The number of hydrogen-bond donors (Lipinski definition) is 2. The van der Waals surface area contributed by atoms with Crippen molar-refractivity contribution in [1.82, 2.24) is 19.3 Å². The van der Waals surface area contributed by atoms with Crippen molar-refractivity contribution in [2.45, 2.75) is 60.6 Å². The van der Waals surface area contributed by atoms with Crippen molar-refractivity contribution in [1.29, 1.82) is 0 Å². The molecule has 3 heterocycles. The average Bonchev–Trinajstić information content (AvgIpc) is 3.16. The van der Waals surface area contributed by atoms with Crippen molar-refractivity contribution in [2.24, 2.45) is 12.5 Å². The van der Waals surface area contributed by atoms with E-state index in [0.29, 0.717) is 25.8 Å². The lowest BCUT2D eigenvalue weighted by atomic mass is 9.73. The maximum Gasteiger partial charge on any atom is 0.268 e. The van der Waals surface area contributed by atoms with E-state index >= 15 is 0 Å². The zero-order chi connectivity index (χ0) is 28.1. The maximum atomic E-state index is 13.3. The number of anilines is 2. The van der Waals surface area contributed by atoms with Gasteiger partial charge in [0.2, 0.25) is 5.95 Å². The Morgan fingerprint density at radius 2 is 1.90 bits per heavy atom. The number of fused-ring (bicyclic) bond motifs is 1. The smallest absolute Gasteiger partial charge is 0.268 e. The molecule has 1 spiro atoms. The summed E-state index contributed by atoms with van der Waals surface area (Å²) in [7, 11) is 1.74. The topological polar surface area (TPSA) is 112 Å². The van der Waals surface area contributed by atoms with Crippen LogP contribution in [0.4, 0.5) is 11.8 Å². The zero-order valence-corrected chi connectivity index (χ0v) is 25.5. The van der Waals surface area contributed by atoms with Gasteiger partial charge in [0.25, 0.3) is 5.56 Å². The first-order chi connectivity index (χ1) is 18.4. The van der Waals surface area contributed by atoms with Gasteiger partial charge in [-0.2, -0.15) is 0 Å². The fraction of sp³-hybridized carbons (Fsp3) is 0.444. The predicted molar refractivity (Wildman–Crippen MR) is 160 cm³/mol. The van der Waals surface area contributed by atoms with E-state index in [4.69, 9.17) is 28.9 Å². The Balaban J connectivity index is 1.37. The highest BCUT2D eigenvalue weighted by Gasteiger charge is 2.50. The van der Waals surface area contributed by atoms with Crippen LogP contribution in [0.2, 0.25) is 10.0 Å². The molecule has 1 aliphatic carbocycles. The lowest BCUT2D eigenvalue weighted by molar-refractivity contribution is 0.175. The first kappa shape index (κ1) is 28.6. The Hall–Kier alpha value is -1.95. The highest BCUT2D eigenvalue weighted by molar-refractivity contribution is 7.99. The van der Waals surface area contributed by atoms with Crippen LogP contribution < -0.4 is 20.9 Å². The molecule has 0 saturated carbocycles. The molecule has 2 aliphatic rings. The van der Waals surface area contributed by atoms with Crippen molar-refractivity contribution in [3.05, 3.63) is 68.2 Å². The van der Waals surface area contributed by atoms with Gasteiger partial charge in [0.1, 0.15) is 10.6 Å². The van der Waals surface area contributed by atoms with E-state index < -0.39 is 16.1 Å². The van der Waals surface area contributed by atoms with Crippen LogP contribution in [-0.2, 0) is 24.8 Å². The molecule has 2 atom stereocenters. The van der Waals surface area contributed by atoms with Crippen molar-refractivity contribution in [2.75, 3.05) is 23.7 Å². The monoisotopic (exact) mass is 606 g/mol. The third-order valence-corrected chi connectivity index (χ3v) is 11.0. The SMILES string of the molecule is Cn1c(N2CCC3(CC2)Cc2ccc(Cl)cc2[C@H]3N[S@+]([O-])C(C)(C)C)ncc(Sc2ccnc(N)c2Cl)c1=O. The molecule has 1 aliphatic heterocycles. The summed E-state index contributed by atoms with van der Waals surface area (Å²) < 4.78 is 17.9. The minimum atomic E-state index is -1.23. The number of rotatable bonds is 5. The van der Waals surface area contributed by atoms with Crippen LogP contribution in [0.3, 0.4) is 0 Å². The van der Waals surface area contributed by atoms with Gasteiger partial charge in [-0.1, -0.05) is 41.0 Å². The molecule has 3 aromatic rings. The molecule has 8 nitrogen and oxygen atoms in total. The fourth-order valence-electron chi connectivity index (χ4n) is 5.41. The van der Waals surface area contributed by atoms with Crippen LogP contribution in [0.1, 0.15) is 50.8 Å². The normalized spacial score (nSPS) is 19.4. The van der Waals surface area contributed by atoms with E-state index in [-0.39, 0.29) is 22.8 Å². The Morgan fingerprint density at radius 3 is 2.59 bits per heavy atom.